The highest BCUT2D eigenvalue weighted by Crippen LogP contribution is 2.28. The molecule has 0 bridgehead atoms. The van der Waals surface area contributed by atoms with Gasteiger partial charge in [0, 0.05) is 17.5 Å². The molecule has 26 heavy (non-hydrogen) atoms. The SMILES string of the molecule is CNC(=O)c1cc(S(=O)(=O)N2CC[NH+](Cc3ccccc3)CC2)c(C)s1. The third-order valence-electron chi connectivity index (χ3n) is 4.67. The maximum absolute atomic E-state index is 13.0. The first-order valence-corrected chi connectivity index (χ1v) is 10.9. The number of carbonyl (C=O) groups excluding carboxylic acids is 1. The molecule has 6 nitrogen and oxygen atoms in total. The molecule has 1 aromatic heterocycles. The summed E-state index contributed by atoms with van der Waals surface area (Å²) in [5.74, 6) is -0.253. The van der Waals surface area contributed by atoms with Gasteiger partial charge in [-0.3, -0.25) is 4.79 Å². The number of hydrogen-bond acceptors (Lipinski definition) is 4. The topological polar surface area (TPSA) is 70.9 Å². The molecule has 0 radical (unpaired) electrons. The van der Waals surface area contributed by atoms with Crippen LogP contribution in [0.1, 0.15) is 20.1 Å². The fraction of sp³-hybridized carbons (Fsp3) is 0.389. The lowest BCUT2D eigenvalue weighted by Gasteiger charge is -2.31. The highest BCUT2D eigenvalue weighted by molar-refractivity contribution is 7.89. The molecule has 0 unspecified atom stereocenters. The summed E-state index contributed by atoms with van der Waals surface area (Å²) in [6.45, 7) is 5.21. The fourth-order valence-corrected chi connectivity index (χ4v) is 6.15. The number of hydrogen-bond donors (Lipinski definition) is 2. The van der Waals surface area contributed by atoms with Gasteiger partial charge in [-0.2, -0.15) is 4.31 Å². The number of thiophene rings is 1. The molecular formula is C18H24N3O3S2+. The Morgan fingerprint density at radius 2 is 1.88 bits per heavy atom. The molecule has 1 amide bonds. The van der Waals surface area contributed by atoms with Gasteiger partial charge in [0.15, 0.2) is 0 Å². The summed E-state index contributed by atoms with van der Waals surface area (Å²) >= 11 is 1.22. The van der Waals surface area contributed by atoms with Crippen molar-refractivity contribution in [2.24, 2.45) is 0 Å². The van der Waals surface area contributed by atoms with Gasteiger partial charge in [-0.25, -0.2) is 8.42 Å². The van der Waals surface area contributed by atoms with Crippen LogP contribution in [0.3, 0.4) is 0 Å². The van der Waals surface area contributed by atoms with Crippen molar-refractivity contribution in [3.63, 3.8) is 0 Å². The van der Waals surface area contributed by atoms with Crippen molar-refractivity contribution >= 4 is 27.3 Å². The number of aryl methyl sites for hydroxylation is 1. The van der Waals surface area contributed by atoms with E-state index in [1.807, 2.05) is 18.2 Å². The summed E-state index contributed by atoms with van der Waals surface area (Å²) in [5, 5.41) is 2.54. The molecule has 1 saturated heterocycles. The Balaban J connectivity index is 1.68. The van der Waals surface area contributed by atoms with Crippen LogP contribution in [0, 0.1) is 6.92 Å². The minimum Gasteiger partial charge on any atom is -0.354 e. The highest BCUT2D eigenvalue weighted by atomic mass is 32.2. The predicted octanol–water partition coefficient (Wildman–Crippen LogP) is 0.506. The molecule has 140 valence electrons. The zero-order valence-corrected chi connectivity index (χ0v) is 16.6. The van der Waals surface area contributed by atoms with Crippen LogP contribution in [0.25, 0.3) is 0 Å². The normalized spacial score (nSPS) is 16.5. The maximum Gasteiger partial charge on any atom is 0.261 e. The van der Waals surface area contributed by atoms with Crippen LogP contribution in [-0.4, -0.2) is 51.9 Å². The monoisotopic (exact) mass is 394 g/mol. The van der Waals surface area contributed by atoms with Crippen LogP contribution in [0.4, 0.5) is 0 Å². The van der Waals surface area contributed by atoms with Gasteiger partial charge >= 0.3 is 0 Å². The minimum absolute atomic E-state index is 0.253. The zero-order chi connectivity index (χ0) is 18.7. The van der Waals surface area contributed by atoms with Gasteiger partial charge in [-0.1, -0.05) is 30.3 Å². The summed E-state index contributed by atoms with van der Waals surface area (Å²) < 4.78 is 27.5. The van der Waals surface area contributed by atoms with E-state index in [0.29, 0.717) is 22.8 Å². The summed E-state index contributed by atoms with van der Waals surface area (Å²) in [6.07, 6.45) is 0. The van der Waals surface area contributed by atoms with E-state index in [0.717, 1.165) is 19.6 Å². The van der Waals surface area contributed by atoms with Crippen LogP contribution in [0.5, 0.6) is 0 Å². The first-order chi connectivity index (χ1) is 12.4. The molecule has 1 aromatic carbocycles. The lowest BCUT2D eigenvalue weighted by atomic mass is 10.2. The number of nitrogens with zero attached hydrogens (tertiary/aromatic N) is 1. The van der Waals surface area contributed by atoms with E-state index in [1.165, 1.54) is 27.9 Å². The fourth-order valence-electron chi connectivity index (χ4n) is 3.20. The van der Waals surface area contributed by atoms with Gasteiger partial charge in [0.1, 0.15) is 6.54 Å². The first kappa shape index (κ1) is 19.0. The van der Waals surface area contributed by atoms with Crippen molar-refractivity contribution in [1.29, 1.82) is 0 Å². The van der Waals surface area contributed by atoms with E-state index in [4.69, 9.17) is 0 Å². The lowest BCUT2D eigenvalue weighted by molar-refractivity contribution is -0.917. The molecule has 1 aliphatic heterocycles. The van der Waals surface area contributed by atoms with Crippen LogP contribution in [0.15, 0.2) is 41.3 Å². The average molecular weight is 395 g/mol. The van der Waals surface area contributed by atoms with Crippen molar-refractivity contribution in [3.05, 3.63) is 51.7 Å². The van der Waals surface area contributed by atoms with Crippen molar-refractivity contribution in [2.75, 3.05) is 33.2 Å². The Morgan fingerprint density at radius 1 is 1.23 bits per heavy atom. The Morgan fingerprint density at radius 3 is 2.50 bits per heavy atom. The van der Waals surface area contributed by atoms with Gasteiger partial charge in [-0.15, -0.1) is 11.3 Å². The van der Waals surface area contributed by atoms with Crippen molar-refractivity contribution in [2.45, 2.75) is 18.4 Å². The van der Waals surface area contributed by atoms with Crippen LogP contribution in [-0.2, 0) is 16.6 Å². The largest absolute Gasteiger partial charge is 0.354 e. The summed E-state index contributed by atoms with van der Waals surface area (Å²) in [7, 11) is -2.02. The molecule has 0 atom stereocenters. The van der Waals surface area contributed by atoms with E-state index in [9.17, 15) is 13.2 Å². The number of piperazine rings is 1. The second-order valence-electron chi connectivity index (χ2n) is 6.43. The Labute approximate surface area is 158 Å². The number of rotatable bonds is 5. The Kier molecular flexibility index (Phi) is 5.76. The van der Waals surface area contributed by atoms with E-state index < -0.39 is 10.0 Å². The van der Waals surface area contributed by atoms with Crippen molar-refractivity contribution in [1.82, 2.24) is 9.62 Å². The lowest BCUT2D eigenvalue weighted by Crippen LogP contribution is -3.13. The van der Waals surface area contributed by atoms with E-state index in [2.05, 4.69) is 17.4 Å². The third-order valence-corrected chi connectivity index (χ3v) is 7.87. The molecule has 2 aromatic rings. The van der Waals surface area contributed by atoms with Gasteiger partial charge < -0.3 is 10.2 Å². The molecular weight excluding hydrogens is 370 g/mol. The minimum atomic E-state index is -3.56. The summed E-state index contributed by atoms with van der Waals surface area (Å²) in [4.78, 5) is 14.5. The number of amides is 1. The summed E-state index contributed by atoms with van der Waals surface area (Å²) in [5.41, 5.74) is 1.27. The molecule has 0 saturated carbocycles. The smallest absolute Gasteiger partial charge is 0.261 e. The maximum atomic E-state index is 13.0. The van der Waals surface area contributed by atoms with Gasteiger partial charge in [0.05, 0.1) is 36.0 Å². The molecule has 1 aliphatic rings. The molecule has 8 heteroatoms. The summed E-state index contributed by atoms with van der Waals surface area (Å²) in [6, 6.07) is 11.8. The van der Waals surface area contributed by atoms with E-state index in [-0.39, 0.29) is 10.8 Å². The van der Waals surface area contributed by atoms with Crippen LogP contribution < -0.4 is 10.2 Å². The first-order valence-electron chi connectivity index (χ1n) is 8.62. The number of benzene rings is 1. The Bertz CT molecular complexity index is 870. The predicted molar refractivity (Wildman–Crippen MR) is 102 cm³/mol. The number of carbonyl (C=O) groups is 1. The van der Waals surface area contributed by atoms with E-state index in [1.54, 1.807) is 18.3 Å². The third kappa shape index (κ3) is 3.98. The second kappa shape index (κ2) is 7.87. The molecule has 1 fully saturated rings. The van der Waals surface area contributed by atoms with Crippen LogP contribution >= 0.6 is 11.3 Å². The Hall–Kier alpha value is -1.74. The van der Waals surface area contributed by atoms with Crippen molar-refractivity contribution in [3.8, 4) is 0 Å². The quantitative estimate of drug-likeness (QED) is 0.776. The average Bonchev–Trinajstić information content (AvgIpc) is 3.05. The van der Waals surface area contributed by atoms with Crippen molar-refractivity contribution < 1.29 is 18.1 Å². The molecule has 0 spiro atoms. The molecule has 3 rings (SSSR count). The number of sulfonamides is 1. The van der Waals surface area contributed by atoms with Crippen LogP contribution in [0.2, 0.25) is 0 Å². The number of quaternary nitrogens is 1. The van der Waals surface area contributed by atoms with Gasteiger partial charge in [0.25, 0.3) is 5.91 Å². The number of nitrogens with one attached hydrogen (secondary N) is 2. The standard InChI is InChI=1S/C18H23N3O3S2/c1-14-17(12-16(25-14)18(22)19-2)26(23,24)21-10-8-20(9-11-21)13-15-6-4-3-5-7-15/h3-7,12H,8-11,13H2,1-2H3,(H,19,22)/p+1. The molecule has 2 heterocycles. The van der Waals surface area contributed by atoms with E-state index >= 15 is 0 Å². The van der Waals surface area contributed by atoms with Gasteiger partial charge in [-0.05, 0) is 13.0 Å². The molecule has 0 aliphatic carbocycles. The zero-order valence-electron chi connectivity index (χ0n) is 15.0. The second-order valence-corrected chi connectivity index (χ2v) is 9.59. The van der Waals surface area contributed by atoms with Gasteiger partial charge in [0.2, 0.25) is 10.0 Å². The molecule has 2 N–H and O–H groups in total. The highest BCUT2D eigenvalue weighted by Gasteiger charge is 2.32.